The second kappa shape index (κ2) is 12.8. The second-order valence-electron chi connectivity index (χ2n) is 10.0. The van der Waals surface area contributed by atoms with E-state index in [1.807, 2.05) is 48.5 Å². The fourth-order valence-electron chi connectivity index (χ4n) is 4.51. The summed E-state index contributed by atoms with van der Waals surface area (Å²) in [5.41, 5.74) is 4.28. The van der Waals surface area contributed by atoms with E-state index >= 15 is 0 Å². The van der Waals surface area contributed by atoms with Crippen molar-refractivity contribution < 1.29 is 27.5 Å². The van der Waals surface area contributed by atoms with Crippen LogP contribution in [0.2, 0.25) is 0 Å². The molecule has 44 heavy (non-hydrogen) atoms. The summed E-state index contributed by atoms with van der Waals surface area (Å²) < 4.78 is 43.0. The average Bonchev–Trinajstić information content (AvgIpc) is 3.55. The molecule has 1 fully saturated rings. The first kappa shape index (κ1) is 30.5. The van der Waals surface area contributed by atoms with Gasteiger partial charge in [-0.3, -0.25) is 14.5 Å². The van der Waals surface area contributed by atoms with Crippen molar-refractivity contribution in [3.63, 3.8) is 0 Å². The Kier molecular flexibility index (Phi) is 8.86. The highest BCUT2D eigenvalue weighted by molar-refractivity contribution is 8.15. The van der Waals surface area contributed by atoms with Crippen LogP contribution >= 0.6 is 11.8 Å². The summed E-state index contributed by atoms with van der Waals surface area (Å²) in [6, 6.07) is 21.8. The Bertz CT molecular complexity index is 1730. The van der Waals surface area contributed by atoms with Crippen molar-refractivity contribution in [1.82, 2.24) is 9.78 Å². The van der Waals surface area contributed by atoms with Crippen molar-refractivity contribution in [2.45, 2.75) is 33.1 Å². The zero-order chi connectivity index (χ0) is 31.4. The molecule has 1 saturated heterocycles. The number of aromatic nitrogens is 2. The SMILES string of the molecule is CC(=O)Nc1cc(-c2ccc(C=NN=C3SCC(=O)N3c3ccccc3C(C)C)cc2)nn1-c1ccc(OC(F)(F)F)cc1. The first-order chi connectivity index (χ1) is 21.0. The molecule has 3 aromatic carbocycles. The molecule has 0 bridgehead atoms. The van der Waals surface area contributed by atoms with Gasteiger partial charge in [-0.1, -0.05) is 68.1 Å². The smallest absolute Gasteiger partial charge is 0.406 e. The number of halogens is 3. The summed E-state index contributed by atoms with van der Waals surface area (Å²) in [7, 11) is 0. The third-order valence-electron chi connectivity index (χ3n) is 6.45. The minimum Gasteiger partial charge on any atom is -0.406 e. The number of nitrogens with zero attached hydrogens (tertiary/aromatic N) is 5. The first-order valence-electron chi connectivity index (χ1n) is 13.5. The average molecular weight is 621 g/mol. The van der Waals surface area contributed by atoms with E-state index in [2.05, 4.69) is 39.2 Å². The highest BCUT2D eigenvalue weighted by Crippen LogP contribution is 2.33. The molecule has 0 aliphatic carbocycles. The van der Waals surface area contributed by atoms with Crippen LogP contribution in [-0.4, -0.2) is 45.1 Å². The number of anilines is 2. The molecule has 0 spiro atoms. The number of amidine groups is 1. The van der Waals surface area contributed by atoms with Gasteiger partial charge < -0.3 is 10.1 Å². The number of carbonyl (C=O) groups is 2. The molecule has 1 aliphatic heterocycles. The van der Waals surface area contributed by atoms with Crippen LogP contribution < -0.4 is 15.0 Å². The molecule has 0 unspecified atom stereocenters. The number of hydrogen-bond donors (Lipinski definition) is 1. The Morgan fingerprint density at radius 3 is 2.43 bits per heavy atom. The van der Waals surface area contributed by atoms with Gasteiger partial charge in [-0.05, 0) is 47.4 Å². The van der Waals surface area contributed by atoms with Crippen LogP contribution in [0.5, 0.6) is 5.75 Å². The van der Waals surface area contributed by atoms with Crippen LogP contribution in [0.3, 0.4) is 0 Å². The molecule has 0 radical (unpaired) electrons. The van der Waals surface area contributed by atoms with Gasteiger partial charge in [0.25, 0.3) is 0 Å². The maximum atomic E-state index is 12.7. The summed E-state index contributed by atoms with van der Waals surface area (Å²) in [6.45, 7) is 5.49. The largest absolute Gasteiger partial charge is 0.573 e. The minimum atomic E-state index is -4.81. The molecule has 5 rings (SSSR count). The maximum absolute atomic E-state index is 12.7. The van der Waals surface area contributed by atoms with Gasteiger partial charge in [-0.2, -0.15) is 10.2 Å². The molecule has 0 saturated carbocycles. The number of benzene rings is 3. The number of ether oxygens (including phenoxy) is 1. The summed E-state index contributed by atoms with van der Waals surface area (Å²) in [6.07, 6.45) is -3.22. The molecule has 1 aromatic heterocycles. The monoisotopic (exact) mass is 620 g/mol. The lowest BCUT2D eigenvalue weighted by Crippen LogP contribution is -2.30. The van der Waals surface area contributed by atoms with E-state index < -0.39 is 6.36 Å². The molecular formula is C31H27F3N6O3S. The predicted molar refractivity (Wildman–Crippen MR) is 165 cm³/mol. The lowest BCUT2D eigenvalue weighted by Gasteiger charge is -2.20. The molecule has 4 aromatic rings. The van der Waals surface area contributed by atoms with Gasteiger partial charge in [0, 0.05) is 18.6 Å². The quantitative estimate of drug-likeness (QED) is 0.169. The van der Waals surface area contributed by atoms with E-state index in [0.717, 1.165) is 22.4 Å². The van der Waals surface area contributed by atoms with Crippen LogP contribution in [0.4, 0.5) is 24.7 Å². The Morgan fingerprint density at radius 1 is 1.07 bits per heavy atom. The molecule has 13 heteroatoms. The summed E-state index contributed by atoms with van der Waals surface area (Å²) in [5.74, 6) is 0.0935. The highest BCUT2D eigenvalue weighted by atomic mass is 32.2. The third kappa shape index (κ3) is 7.17. The molecule has 1 aliphatic rings. The number of amides is 2. The molecule has 226 valence electrons. The third-order valence-corrected chi connectivity index (χ3v) is 7.36. The molecular weight excluding hydrogens is 593 g/mol. The number of para-hydroxylation sites is 1. The molecule has 2 amide bonds. The summed E-state index contributed by atoms with van der Waals surface area (Å²) in [5, 5.41) is 16.3. The van der Waals surface area contributed by atoms with E-state index in [0.29, 0.717) is 22.4 Å². The number of thioether (sulfide) groups is 1. The van der Waals surface area contributed by atoms with Crippen LogP contribution in [-0.2, 0) is 9.59 Å². The van der Waals surface area contributed by atoms with Gasteiger partial charge in [0.05, 0.1) is 29.0 Å². The first-order valence-corrected chi connectivity index (χ1v) is 14.5. The topological polar surface area (TPSA) is 101 Å². The number of nitrogens with one attached hydrogen (secondary N) is 1. The van der Waals surface area contributed by atoms with Gasteiger partial charge in [0.15, 0.2) is 5.17 Å². The highest BCUT2D eigenvalue weighted by Gasteiger charge is 2.32. The standard InChI is InChI=1S/C31H27F3N6O3S/c1-19(2)25-6-4-5-7-27(25)39-29(42)18-44-30(39)37-35-17-21-8-10-22(11-9-21)26-16-28(36-20(3)41)40(38-26)23-12-14-24(15-13-23)43-31(32,33)34/h4-17,19H,18H2,1-3H3,(H,36,41). The molecule has 1 N–H and O–H groups in total. The fraction of sp³-hybridized carbons (Fsp3) is 0.194. The fourth-order valence-corrected chi connectivity index (χ4v) is 5.33. The maximum Gasteiger partial charge on any atom is 0.573 e. The minimum absolute atomic E-state index is 0.0509. The summed E-state index contributed by atoms with van der Waals surface area (Å²) in [4.78, 5) is 26.1. The van der Waals surface area contributed by atoms with Crippen molar-refractivity contribution in [2.24, 2.45) is 10.2 Å². The van der Waals surface area contributed by atoms with E-state index in [4.69, 9.17) is 0 Å². The van der Waals surface area contributed by atoms with Gasteiger partial charge in [0.2, 0.25) is 11.8 Å². The summed E-state index contributed by atoms with van der Waals surface area (Å²) >= 11 is 1.33. The molecule has 9 nitrogen and oxygen atoms in total. The van der Waals surface area contributed by atoms with Crippen LogP contribution in [0.1, 0.15) is 37.8 Å². The van der Waals surface area contributed by atoms with E-state index in [-0.39, 0.29) is 29.2 Å². The normalized spacial score (nSPS) is 14.7. The van der Waals surface area contributed by atoms with Gasteiger partial charge in [0.1, 0.15) is 11.6 Å². The Morgan fingerprint density at radius 2 is 1.77 bits per heavy atom. The van der Waals surface area contributed by atoms with Crippen molar-refractivity contribution in [2.75, 3.05) is 16.0 Å². The number of alkyl halides is 3. The van der Waals surface area contributed by atoms with Crippen LogP contribution in [0.15, 0.2) is 89.1 Å². The van der Waals surface area contributed by atoms with E-state index in [1.54, 1.807) is 17.2 Å². The lowest BCUT2D eigenvalue weighted by molar-refractivity contribution is -0.274. The van der Waals surface area contributed by atoms with E-state index in [1.165, 1.54) is 47.6 Å². The Labute approximate surface area is 255 Å². The zero-order valence-corrected chi connectivity index (χ0v) is 24.7. The van der Waals surface area contributed by atoms with E-state index in [9.17, 15) is 22.8 Å². The Hall–Kier alpha value is -4.91. The lowest BCUT2D eigenvalue weighted by atomic mass is 10.0. The number of carbonyl (C=O) groups excluding carboxylic acids is 2. The van der Waals surface area contributed by atoms with Crippen molar-refractivity contribution in [3.8, 4) is 22.7 Å². The number of rotatable bonds is 8. The van der Waals surface area contributed by atoms with Crippen LogP contribution in [0.25, 0.3) is 16.9 Å². The molecule has 2 heterocycles. The van der Waals surface area contributed by atoms with Crippen LogP contribution in [0, 0.1) is 0 Å². The predicted octanol–water partition coefficient (Wildman–Crippen LogP) is 6.99. The zero-order valence-electron chi connectivity index (χ0n) is 23.9. The van der Waals surface area contributed by atoms with Gasteiger partial charge >= 0.3 is 6.36 Å². The second-order valence-corrected chi connectivity index (χ2v) is 11.0. The number of hydrogen-bond acceptors (Lipinski definition) is 7. The Balaban J connectivity index is 1.35. The van der Waals surface area contributed by atoms with Gasteiger partial charge in [-0.15, -0.1) is 18.3 Å². The van der Waals surface area contributed by atoms with Crippen molar-refractivity contribution in [3.05, 3.63) is 90.0 Å². The van der Waals surface area contributed by atoms with Crippen molar-refractivity contribution >= 4 is 46.5 Å². The van der Waals surface area contributed by atoms with Gasteiger partial charge in [-0.25, -0.2) is 4.68 Å². The molecule has 0 atom stereocenters. The van der Waals surface area contributed by atoms with Crippen molar-refractivity contribution in [1.29, 1.82) is 0 Å².